The Hall–Kier alpha value is -0.890. The summed E-state index contributed by atoms with van der Waals surface area (Å²) in [5.74, 6) is 0.973. The Kier molecular flexibility index (Phi) is 5.18. The van der Waals surface area contributed by atoms with Crippen LogP contribution in [-0.4, -0.2) is 18.1 Å². The van der Waals surface area contributed by atoms with Gasteiger partial charge in [0.05, 0.1) is 0 Å². The molecule has 1 aromatic rings. The number of aromatic nitrogens is 1. The molecule has 0 atom stereocenters. The molecule has 2 nitrogen and oxygen atoms in total. The minimum atomic E-state index is 0.973. The molecule has 0 radical (unpaired) electrons. The molecule has 1 N–H and O–H groups in total. The maximum Gasteiger partial charge on any atom is 0.0267 e. The lowest BCUT2D eigenvalue weighted by atomic mass is 10.0. The fraction of sp³-hybridized carbons (Fsp3) is 0.545. The van der Waals surface area contributed by atoms with Crippen molar-refractivity contribution in [2.24, 2.45) is 5.92 Å². The highest BCUT2D eigenvalue weighted by molar-refractivity contribution is 4.88. The first-order valence-corrected chi connectivity index (χ1v) is 4.95. The summed E-state index contributed by atoms with van der Waals surface area (Å²) in [5, 5.41) is 3.32. The van der Waals surface area contributed by atoms with Crippen LogP contribution in [0.4, 0.5) is 0 Å². The van der Waals surface area contributed by atoms with Gasteiger partial charge in [-0.1, -0.05) is 13.0 Å². The summed E-state index contributed by atoms with van der Waals surface area (Å²) in [5.41, 5.74) is 0. The Bertz CT molecular complexity index is 166. The van der Waals surface area contributed by atoms with Crippen molar-refractivity contribution in [2.75, 3.05) is 13.1 Å². The van der Waals surface area contributed by atoms with Crippen molar-refractivity contribution < 1.29 is 0 Å². The van der Waals surface area contributed by atoms with Crippen LogP contribution in [0.2, 0.25) is 0 Å². The topological polar surface area (TPSA) is 24.9 Å². The number of nitrogens with one attached hydrogen (secondary N) is 1. The fourth-order valence-corrected chi connectivity index (χ4v) is 1.28. The van der Waals surface area contributed by atoms with E-state index in [1.165, 1.54) is 25.9 Å². The third kappa shape index (κ3) is 5.36. The smallest absolute Gasteiger partial charge is 0.0267 e. The lowest BCUT2D eigenvalue weighted by Crippen LogP contribution is -2.26. The minimum absolute atomic E-state index is 0.973. The molecular formula is C11H18N2. The number of rotatable bonds is 0. The van der Waals surface area contributed by atoms with Gasteiger partial charge in [-0.05, 0) is 44.0 Å². The lowest BCUT2D eigenvalue weighted by molar-refractivity contribution is 0.402. The van der Waals surface area contributed by atoms with Gasteiger partial charge in [-0.25, -0.2) is 0 Å². The average Bonchev–Trinajstić information content (AvgIpc) is 2.22. The summed E-state index contributed by atoms with van der Waals surface area (Å²) in [6, 6.07) is 5.72. The quantitative estimate of drug-likeness (QED) is 0.658. The first kappa shape index (κ1) is 10.2. The molecule has 2 heterocycles. The fourth-order valence-electron chi connectivity index (χ4n) is 1.28. The second-order valence-corrected chi connectivity index (χ2v) is 3.46. The second kappa shape index (κ2) is 6.61. The highest BCUT2D eigenvalue weighted by atomic mass is 14.9. The van der Waals surface area contributed by atoms with Gasteiger partial charge >= 0.3 is 0 Å². The normalized spacial score (nSPS) is 17.3. The SMILES string of the molecule is CC1CCNCC1.c1ccncc1. The molecule has 2 rings (SSSR count). The van der Waals surface area contributed by atoms with Crippen molar-refractivity contribution in [2.45, 2.75) is 19.8 Å². The summed E-state index contributed by atoms with van der Waals surface area (Å²) in [6.45, 7) is 4.79. The highest BCUT2D eigenvalue weighted by Gasteiger charge is 2.04. The Morgan fingerprint density at radius 1 is 1.08 bits per heavy atom. The first-order valence-electron chi connectivity index (χ1n) is 4.95. The van der Waals surface area contributed by atoms with Crippen LogP contribution >= 0.6 is 0 Å². The third-order valence-electron chi connectivity index (χ3n) is 2.19. The first-order chi connectivity index (χ1) is 6.39. The Morgan fingerprint density at radius 3 is 1.92 bits per heavy atom. The van der Waals surface area contributed by atoms with Gasteiger partial charge in [-0.15, -0.1) is 0 Å². The van der Waals surface area contributed by atoms with E-state index in [9.17, 15) is 0 Å². The molecule has 1 fully saturated rings. The number of nitrogens with zero attached hydrogens (tertiary/aromatic N) is 1. The lowest BCUT2D eigenvalue weighted by Gasteiger charge is -2.17. The number of hydrogen-bond acceptors (Lipinski definition) is 2. The zero-order valence-electron chi connectivity index (χ0n) is 8.24. The van der Waals surface area contributed by atoms with Gasteiger partial charge in [0, 0.05) is 12.4 Å². The number of pyridine rings is 1. The molecule has 1 saturated heterocycles. The minimum Gasteiger partial charge on any atom is -0.317 e. The van der Waals surface area contributed by atoms with E-state index in [1.54, 1.807) is 12.4 Å². The third-order valence-corrected chi connectivity index (χ3v) is 2.19. The Morgan fingerprint density at radius 2 is 1.69 bits per heavy atom. The average molecular weight is 178 g/mol. The van der Waals surface area contributed by atoms with E-state index in [-0.39, 0.29) is 0 Å². The predicted octanol–water partition coefficient (Wildman–Crippen LogP) is 2.09. The van der Waals surface area contributed by atoms with Crippen LogP contribution in [0, 0.1) is 5.92 Å². The molecule has 0 unspecified atom stereocenters. The zero-order valence-corrected chi connectivity index (χ0v) is 8.24. The molecule has 0 bridgehead atoms. The molecule has 0 aliphatic carbocycles. The van der Waals surface area contributed by atoms with Crippen molar-refractivity contribution in [1.82, 2.24) is 10.3 Å². The molecule has 0 aromatic carbocycles. The van der Waals surface area contributed by atoms with E-state index in [2.05, 4.69) is 17.2 Å². The highest BCUT2D eigenvalue weighted by Crippen LogP contribution is 2.08. The van der Waals surface area contributed by atoms with E-state index in [0.29, 0.717) is 0 Å². The summed E-state index contributed by atoms with van der Waals surface area (Å²) < 4.78 is 0. The van der Waals surface area contributed by atoms with Gasteiger partial charge in [-0.3, -0.25) is 4.98 Å². The number of piperidine rings is 1. The monoisotopic (exact) mass is 178 g/mol. The van der Waals surface area contributed by atoms with Crippen molar-refractivity contribution in [3.05, 3.63) is 30.6 Å². The number of hydrogen-bond donors (Lipinski definition) is 1. The van der Waals surface area contributed by atoms with Crippen LogP contribution in [0.1, 0.15) is 19.8 Å². The zero-order chi connectivity index (χ0) is 9.36. The molecular weight excluding hydrogens is 160 g/mol. The van der Waals surface area contributed by atoms with Gasteiger partial charge in [0.15, 0.2) is 0 Å². The van der Waals surface area contributed by atoms with E-state index in [0.717, 1.165) is 5.92 Å². The Labute approximate surface area is 80.4 Å². The summed E-state index contributed by atoms with van der Waals surface area (Å²) in [7, 11) is 0. The molecule has 2 heteroatoms. The van der Waals surface area contributed by atoms with Crippen molar-refractivity contribution in [1.29, 1.82) is 0 Å². The molecule has 1 aromatic heterocycles. The summed E-state index contributed by atoms with van der Waals surface area (Å²) >= 11 is 0. The predicted molar refractivity (Wildman–Crippen MR) is 55.5 cm³/mol. The van der Waals surface area contributed by atoms with Gasteiger partial charge in [0.1, 0.15) is 0 Å². The molecule has 0 amide bonds. The second-order valence-electron chi connectivity index (χ2n) is 3.46. The summed E-state index contributed by atoms with van der Waals surface area (Å²) in [4.78, 5) is 3.78. The van der Waals surface area contributed by atoms with Crippen LogP contribution in [0.5, 0.6) is 0 Å². The van der Waals surface area contributed by atoms with Gasteiger partial charge in [0.2, 0.25) is 0 Å². The maximum atomic E-state index is 3.78. The molecule has 1 aliphatic rings. The molecule has 0 spiro atoms. The van der Waals surface area contributed by atoms with E-state index >= 15 is 0 Å². The van der Waals surface area contributed by atoms with Crippen LogP contribution < -0.4 is 5.32 Å². The van der Waals surface area contributed by atoms with E-state index < -0.39 is 0 Å². The summed E-state index contributed by atoms with van der Waals surface area (Å²) in [6.07, 6.45) is 6.25. The van der Waals surface area contributed by atoms with Gasteiger partial charge < -0.3 is 5.32 Å². The van der Waals surface area contributed by atoms with Crippen LogP contribution in [0.3, 0.4) is 0 Å². The van der Waals surface area contributed by atoms with Gasteiger partial charge in [-0.2, -0.15) is 0 Å². The maximum absolute atomic E-state index is 3.78. The molecule has 0 saturated carbocycles. The molecule has 1 aliphatic heterocycles. The van der Waals surface area contributed by atoms with Crippen molar-refractivity contribution in [3.63, 3.8) is 0 Å². The standard InChI is InChI=1S/C6H13N.C5H5N/c1-6-2-4-7-5-3-6;1-2-4-6-5-3-1/h6-7H,2-5H2,1H3;1-5H. The van der Waals surface area contributed by atoms with Crippen LogP contribution in [0.25, 0.3) is 0 Å². The molecule has 72 valence electrons. The molecule has 13 heavy (non-hydrogen) atoms. The van der Waals surface area contributed by atoms with Gasteiger partial charge in [0.25, 0.3) is 0 Å². The van der Waals surface area contributed by atoms with E-state index in [4.69, 9.17) is 0 Å². The van der Waals surface area contributed by atoms with Crippen molar-refractivity contribution in [3.8, 4) is 0 Å². The van der Waals surface area contributed by atoms with Crippen molar-refractivity contribution >= 4 is 0 Å². The largest absolute Gasteiger partial charge is 0.317 e. The van der Waals surface area contributed by atoms with Crippen LogP contribution in [0.15, 0.2) is 30.6 Å². The van der Waals surface area contributed by atoms with Crippen LogP contribution in [-0.2, 0) is 0 Å². The Balaban J connectivity index is 0.000000132. The van der Waals surface area contributed by atoms with E-state index in [1.807, 2.05) is 18.2 Å².